The van der Waals surface area contributed by atoms with Crippen molar-refractivity contribution in [3.8, 4) is 0 Å². The molecule has 1 saturated heterocycles. The Morgan fingerprint density at radius 3 is 2.91 bits per heavy atom. The minimum absolute atomic E-state index is 0.0369. The van der Waals surface area contributed by atoms with Crippen LogP contribution in [0.1, 0.15) is 29.7 Å². The molecule has 0 aliphatic carbocycles. The molecule has 3 heterocycles. The fraction of sp³-hybridized carbons (Fsp3) is 0.467. The molecule has 0 N–H and O–H groups in total. The van der Waals surface area contributed by atoms with Crippen molar-refractivity contribution in [3.05, 3.63) is 42.4 Å². The van der Waals surface area contributed by atoms with Crippen LogP contribution in [0.25, 0.3) is 0 Å². The third kappa shape index (κ3) is 3.47. The molecule has 1 amide bonds. The average molecular weight is 337 g/mol. The van der Waals surface area contributed by atoms with Gasteiger partial charge in [0.05, 0.1) is 24.4 Å². The number of nitrogens with zero attached hydrogens (tertiary/aromatic N) is 3. The summed E-state index contributed by atoms with van der Waals surface area (Å²) in [6.07, 6.45) is 5.65. The summed E-state index contributed by atoms with van der Waals surface area (Å²) in [4.78, 5) is 18.2. The average Bonchev–Trinajstić information content (AvgIpc) is 3.22. The lowest BCUT2D eigenvalue weighted by molar-refractivity contribution is 0.0673. The third-order valence-corrected chi connectivity index (χ3v) is 5.77. The van der Waals surface area contributed by atoms with Crippen LogP contribution in [0, 0.1) is 0 Å². The Kier molecular flexibility index (Phi) is 4.25. The second kappa shape index (κ2) is 6.19. The summed E-state index contributed by atoms with van der Waals surface area (Å²) in [5.41, 5.74) is 0. The highest BCUT2D eigenvalue weighted by Gasteiger charge is 2.35. The van der Waals surface area contributed by atoms with Gasteiger partial charge >= 0.3 is 0 Å². The molecule has 1 unspecified atom stereocenters. The molecule has 124 valence electrons. The maximum Gasteiger partial charge on any atom is 0.289 e. The molecule has 0 radical (unpaired) electrons. The predicted octanol–water partition coefficient (Wildman–Crippen LogP) is 1.17. The van der Waals surface area contributed by atoms with Crippen molar-refractivity contribution in [2.45, 2.75) is 25.9 Å². The SMILES string of the molecule is CCN(C(=O)c1ccc(Cn2ccnc2)o1)C1CCS(=O)(=O)C1. The van der Waals surface area contributed by atoms with Gasteiger partial charge in [0, 0.05) is 25.0 Å². The van der Waals surface area contributed by atoms with Crippen molar-refractivity contribution < 1.29 is 17.6 Å². The Morgan fingerprint density at radius 2 is 2.30 bits per heavy atom. The smallest absolute Gasteiger partial charge is 0.289 e. The van der Waals surface area contributed by atoms with Gasteiger partial charge in [0.15, 0.2) is 15.6 Å². The molecule has 23 heavy (non-hydrogen) atoms. The van der Waals surface area contributed by atoms with E-state index in [2.05, 4.69) is 4.98 Å². The Balaban J connectivity index is 1.72. The fourth-order valence-corrected chi connectivity index (χ4v) is 4.60. The van der Waals surface area contributed by atoms with Crippen molar-refractivity contribution in [1.82, 2.24) is 14.5 Å². The Morgan fingerprint density at radius 1 is 1.48 bits per heavy atom. The standard InChI is InChI=1S/C15H19N3O4S/c1-2-18(12-5-8-23(20,21)10-12)15(19)14-4-3-13(22-14)9-17-7-6-16-11-17/h3-4,6-7,11-12H,2,5,8-10H2,1H3. The van der Waals surface area contributed by atoms with Gasteiger partial charge in [0.25, 0.3) is 5.91 Å². The van der Waals surface area contributed by atoms with Crippen LogP contribution in [0.2, 0.25) is 0 Å². The van der Waals surface area contributed by atoms with Crippen molar-refractivity contribution in [3.63, 3.8) is 0 Å². The van der Waals surface area contributed by atoms with E-state index in [9.17, 15) is 13.2 Å². The number of imidazole rings is 1. The second-order valence-electron chi connectivity index (χ2n) is 5.65. The zero-order valence-corrected chi connectivity index (χ0v) is 13.7. The van der Waals surface area contributed by atoms with E-state index in [1.165, 1.54) is 0 Å². The number of hydrogen-bond donors (Lipinski definition) is 0. The van der Waals surface area contributed by atoms with Crippen molar-refractivity contribution in [2.24, 2.45) is 0 Å². The Labute approximate surface area is 134 Å². The molecule has 2 aromatic rings. The summed E-state index contributed by atoms with van der Waals surface area (Å²) in [6, 6.07) is 3.13. The molecule has 0 aromatic carbocycles. The van der Waals surface area contributed by atoms with E-state index < -0.39 is 9.84 Å². The number of carbonyl (C=O) groups excluding carboxylic acids is 1. The number of amides is 1. The summed E-state index contributed by atoms with van der Waals surface area (Å²) in [6.45, 7) is 2.80. The van der Waals surface area contributed by atoms with Crippen molar-refractivity contribution >= 4 is 15.7 Å². The molecule has 3 rings (SSSR count). The lowest BCUT2D eigenvalue weighted by atomic mass is 10.2. The number of furan rings is 1. The molecule has 1 atom stereocenters. The lowest BCUT2D eigenvalue weighted by Gasteiger charge is -2.25. The largest absolute Gasteiger partial charge is 0.454 e. The first-order valence-electron chi connectivity index (χ1n) is 7.54. The van der Waals surface area contributed by atoms with E-state index in [-0.39, 0.29) is 29.2 Å². The highest BCUT2D eigenvalue weighted by molar-refractivity contribution is 7.91. The van der Waals surface area contributed by atoms with Gasteiger partial charge in [0.2, 0.25) is 0 Å². The van der Waals surface area contributed by atoms with E-state index in [0.717, 1.165) is 0 Å². The second-order valence-corrected chi connectivity index (χ2v) is 7.88. The first-order valence-corrected chi connectivity index (χ1v) is 9.36. The number of rotatable bonds is 5. The number of sulfone groups is 1. The quantitative estimate of drug-likeness (QED) is 0.818. The molecule has 1 fully saturated rings. The summed E-state index contributed by atoms with van der Waals surface area (Å²) in [5, 5.41) is 0. The van der Waals surface area contributed by atoms with Gasteiger partial charge < -0.3 is 13.9 Å². The van der Waals surface area contributed by atoms with Gasteiger partial charge in [0.1, 0.15) is 5.76 Å². The first-order chi connectivity index (χ1) is 11.0. The Bertz CT molecular complexity index is 780. The molecule has 1 aliphatic heterocycles. The van der Waals surface area contributed by atoms with E-state index in [4.69, 9.17) is 4.42 Å². The number of hydrogen-bond acceptors (Lipinski definition) is 5. The molecule has 0 spiro atoms. The van der Waals surface area contributed by atoms with E-state index in [1.54, 1.807) is 29.6 Å². The number of aromatic nitrogens is 2. The van der Waals surface area contributed by atoms with Crippen LogP contribution in [0.15, 0.2) is 35.3 Å². The van der Waals surface area contributed by atoms with Gasteiger partial charge in [-0.3, -0.25) is 4.79 Å². The van der Waals surface area contributed by atoms with E-state index >= 15 is 0 Å². The minimum atomic E-state index is -3.03. The van der Waals surface area contributed by atoms with Crippen LogP contribution in [0.5, 0.6) is 0 Å². The fourth-order valence-electron chi connectivity index (χ4n) is 2.87. The highest BCUT2D eigenvalue weighted by Crippen LogP contribution is 2.21. The molecular weight excluding hydrogens is 318 g/mol. The lowest BCUT2D eigenvalue weighted by Crippen LogP contribution is -2.40. The topological polar surface area (TPSA) is 85.4 Å². The molecule has 2 aromatic heterocycles. The summed E-state index contributed by atoms with van der Waals surface area (Å²) in [7, 11) is -3.03. The normalized spacial score (nSPS) is 19.8. The monoisotopic (exact) mass is 337 g/mol. The van der Waals surface area contributed by atoms with Crippen LogP contribution in [0.4, 0.5) is 0 Å². The molecular formula is C15H19N3O4S. The molecule has 8 heteroatoms. The van der Waals surface area contributed by atoms with Gasteiger partial charge in [-0.15, -0.1) is 0 Å². The maximum absolute atomic E-state index is 12.6. The van der Waals surface area contributed by atoms with E-state index in [1.807, 2.05) is 17.7 Å². The highest BCUT2D eigenvalue weighted by atomic mass is 32.2. The summed E-state index contributed by atoms with van der Waals surface area (Å²) in [5.74, 6) is 0.819. The summed E-state index contributed by atoms with van der Waals surface area (Å²) >= 11 is 0. The maximum atomic E-state index is 12.6. The van der Waals surface area contributed by atoms with Crippen molar-refractivity contribution in [2.75, 3.05) is 18.1 Å². The zero-order valence-electron chi connectivity index (χ0n) is 12.9. The van der Waals surface area contributed by atoms with Crippen LogP contribution in [-0.4, -0.2) is 52.9 Å². The minimum Gasteiger partial charge on any atom is -0.454 e. The van der Waals surface area contributed by atoms with Crippen molar-refractivity contribution in [1.29, 1.82) is 0 Å². The molecule has 0 saturated carbocycles. The summed E-state index contributed by atoms with van der Waals surface area (Å²) < 4.78 is 30.7. The number of carbonyl (C=O) groups is 1. The van der Waals surface area contributed by atoms with Gasteiger partial charge in [-0.05, 0) is 25.5 Å². The molecule has 0 bridgehead atoms. The van der Waals surface area contributed by atoms with Crippen LogP contribution >= 0.6 is 0 Å². The van der Waals surface area contributed by atoms with Gasteiger partial charge in [-0.25, -0.2) is 13.4 Å². The Hall–Kier alpha value is -2.09. The van der Waals surface area contributed by atoms with E-state index in [0.29, 0.717) is 25.3 Å². The third-order valence-electron chi connectivity index (χ3n) is 4.02. The zero-order chi connectivity index (χ0) is 16.4. The van der Waals surface area contributed by atoms with Crippen LogP contribution in [-0.2, 0) is 16.4 Å². The van der Waals surface area contributed by atoms with Crippen LogP contribution < -0.4 is 0 Å². The predicted molar refractivity (Wildman–Crippen MR) is 83.8 cm³/mol. The van der Waals surface area contributed by atoms with Gasteiger partial charge in [-0.2, -0.15) is 0 Å². The van der Waals surface area contributed by atoms with Gasteiger partial charge in [-0.1, -0.05) is 0 Å². The molecule has 7 nitrogen and oxygen atoms in total. The molecule has 1 aliphatic rings. The first kappa shape index (κ1) is 15.8. The van der Waals surface area contributed by atoms with Crippen LogP contribution in [0.3, 0.4) is 0 Å².